The first-order valence-electron chi connectivity index (χ1n) is 11.8. The SMILES string of the molecule is Cc1ccc(CC(=O)Nc2cc(CCc3nn[nH]n3)ccc2N(CC(C)C)CC(C)C)cc1. The number of H-pyrrole nitrogens is 1. The van der Waals surface area contributed by atoms with Crippen molar-refractivity contribution in [2.45, 2.75) is 53.9 Å². The van der Waals surface area contributed by atoms with Crippen LogP contribution in [0.3, 0.4) is 0 Å². The summed E-state index contributed by atoms with van der Waals surface area (Å²) >= 11 is 0. The summed E-state index contributed by atoms with van der Waals surface area (Å²) in [7, 11) is 0. The smallest absolute Gasteiger partial charge is 0.228 e. The van der Waals surface area contributed by atoms with E-state index in [0.717, 1.165) is 42.0 Å². The summed E-state index contributed by atoms with van der Waals surface area (Å²) in [5.74, 6) is 1.70. The molecule has 0 aliphatic heterocycles. The van der Waals surface area contributed by atoms with Gasteiger partial charge >= 0.3 is 0 Å². The molecule has 1 aromatic heterocycles. The van der Waals surface area contributed by atoms with Crippen molar-refractivity contribution in [3.8, 4) is 0 Å². The van der Waals surface area contributed by atoms with Crippen LogP contribution in [0.2, 0.25) is 0 Å². The average molecular weight is 449 g/mol. The number of aryl methyl sites for hydroxylation is 3. The predicted octanol–water partition coefficient (Wildman–Crippen LogP) is 4.59. The largest absolute Gasteiger partial charge is 0.369 e. The molecule has 2 N–H and O–H groups in total. The monoisotopic (exact) mass is 448 g/mol. The number of carbonyl (C=O) groups excluding carboxylic acids is 1. The molecular weight excluding hydrogens is 412 g/mol. The van der Waals surface area contributed by atoms with Crippen molar-refractivity contribution in [1.29, 1.82) is 0 Å². The molecule has 7 nitrogen and oxygen atoms in total. The second kappa shape index (κ2) is 11.6. The number of aromatic amines is 1. The third-order valence-electron chi connectivity index (χ3n) is 5.36. The number of carbonyl (C=O) groups is 1. The van der Waals surface area contributed by atoms with E-state index in [1.54, 1.807) is 0 Å². The average Bonchev–Trinajstić information content (AvgIpc) is 3.26. The summed E-state index contributed by atoms with van der Waals surface area (Å²) < 4.78 is 0. The fourth-order valence-corrected chi connectivity index (χ4v) is 3.90. The maximum atomic E-state index is 13.0. The van der Waals surface area contributed by atoms with Crippen LogP contribution in [0.15, 0.2) is 42.5 Å². The minimum Gasteiger partial charge on any atom is -0.369 e. The van der Waals surface area contributed by atoms with Gasteiger partial charge in [-0.25, -0.2) is 0 Å². The van der Waals surface area contributed by atoms with Gasteiger partial charge in [-0.05, 0) is 48.4 Å². The lowest BCUT2D eigenvalue weighted by molar-refractivity contribution is -0.115. The van der Waals surface area contributed by atoms with Gasteiger partial charge < -0.3 is 10.2 Å². The molecule has 0 unspecified atom stereocenters. The molecule has 2 aromatic carbocycles. The lowest BCUT2D eigenvalue weighted by Gasteiger charge is -2.30. The highest BCUT2D eigenvalue weighted by molar-refractivity contribution is 5.95. The Morgan fingerprint density at radius 2 is 1.64 bits per heavy atom. The van der Waals surface area contributed by atoms with Gasteiger partial charge in [0.15, 0.2) is 5.82 Å². The van der Waals surface area contributed by atoms with Gasteiger partial charge in [0.2, 0.25) is 5.91 Å². The highest BCUT2D eigenvalue weighted by Crippen LogP contribution is 2.30. The number of hydrogen-bond donors (Lipinski definition) is 2. The normalized spacial score (nSPS) is 11.2. The number of anilines is 2. The standard InChI is InChI=1S/C26H36N6O/c1-18(2)16-32(17-19(3)4)24-12-10-21(11-13-25-28-30-31-29-25)14-23(24)27-26(33)15-22-8-6-20(5)7-9-22/h6-10,12,14,18-19H,11,13,15-17H2,1-5H3,(H,27,33)(H,28,29,30,31). The van der Waals surface area contributed by atoms with Crippen molar-refractivity contribution in [1.82, 2.24) is 20.6 Å². The van der Waals surface area contributed by atoms with Gasteiger partial charge in [-0.3, -0.25) is 4.79 Å². The van der Waals surface area contributed by atoms with Crippen LogP contribution < -0.4 is 10.2 Å². The van der Waals surface area contributed by atoms with Crippen molar-refractivity contribution in [2.24, 2.45) is 11.8 Å². The van der Waals surface area contributed by atoms with Gasteiger partial charge in [0.05, 0.1) is 17.8 Å². The van der Waals surface area contributed by atoms with E-state index in [1.165, 1.54) is 5.56 Å². The van der Waals surface area contributed by atoms with E-state index < -0.39 is 0 Å². The Labute approximate surface area is 197 Å². The van der Waals surface area contributed by atoms with Crippen LogP contribution >= 0.6 is 0 Å². The van der Waals surface area contributed by atoms with E-state index in [0.29, 0.717) is 30.5 Å². The number of hydrogen-bond acceptors (Lipinski definition) is 5. The Morgan fingerprint density at radius 1 is 0.970 bits per heavy atom. The van der Waals surface area contributed by atoms with E-state index in [4.69, 9.17) is 0 Å². The molecule has 0 spiro atoms. The summed E-state index contributed by atoms with van der Waals surface area (Å²) in [6.07, 6.45) is 1.81. The van der Waals surface area contributed by atoms with Gasteiger partial charge in [-0.15, -0.1) is 10.2 Å². The first kappa shape index (κ1) is 24.4. The molecule has 0 saturated carbocycles. The molecular formula is C26H36N6O. The van der Waals surface area contributed by atoms with Crippen molar-refractivity contribution < 1.29 is 4.79 Å². The van der Waals surface area contributed by atoms with Crippen molar-refractivity contribution in [3.63, 3.8) is 0 Å². The van der Waals surface area contributed by atoms with E-state index >= 15 is 0 Å². The minimum atomic E-state index is -0.00975. The Kier molecular flexibility index (Phi) is 8.58. The third-order valence-corrected chi connectivity index (χ3v) is 5.36. The highest BCUT2D eigenvalue weighted by Gasteiger charge is 2.17. The van der Waals surface area contributed by atoms with Gasteiger partial charge in [-0.1, -0.05) is 68.8 Å². The zero-order valence-corrected chi connectivity index (χ0v) is 20.4. The highest BCUT2D eigenvalue weighted by atomic mass is 16.1. The maximum Gasteiger partial charge on any atom is 0.228 e. The third kappa shape index (κ3) is 7.70. The van der Waals surface area contributed by atoms with Gasteiger partial charge in [-0.2, -0.15) is 5.21 Å². The lowest BCUT2D eigenvalue weighted by Crippen LogP contribution is -2.32. The molecule has 7 heteroatoms. The van der Waals surface area contributed by atoms with E-state index in [9.17, 15) is 4.79 Å². The molecule has 0 fully saturated rings. The number of nitrogens with zero attached hydrogens (tertiary/aromatic N) is 4. The second-order valence-electron chi connectivity index (χ2n) is 9.58. The summed E-state index contributed by atoms with van der Waals surface area (Å²) in [5.41, 5.74) is 5.25. The van der Waals surface area contributed by atoms with Crippen molar-refractivity contribution in [3.05, 3.63) is 65.0 Å². The molecule has 176 valence electrons. The van der Waals surface area contributed by atoms with Gasteiger partial charge in [0.1, 0.15) is 0 Å². The zero-order chi connectivity index (χ0) is 23.8. The molecule has 3 rings (SSSR count). The van der Waals surface area contributed by atoms with Crippen LogP contribution in [0.4, 0.5) is 11.4 Å². The number of benzene rings is 2. The molecule has 0 radical (unpaired) electrons. The molecule has 0 saturated heterocycles. The summed E-state index contributed by atoms with van der Waals surface area (Å²) in [6.45, 7) is 12.8. The number of aromatic nitrogens is 4. The maximum absolute atomic E-state index is 13.0. The zero-order valence-electron chi connectivity index (χ0n) is 20.4. The molecule has 3 aromatic rings. The molecule has 0 bridgehead atoms. The lowest BCUT2D eigenvalue weighted by atomic mass is 10.0. The first-order valence-corrected chi connectivity index (χ1v) is 11.8. The Hall–Kier alpha value is -3.22. The van der Waals surface area contributed by atoms with E-state index in [2.05, 4.69) is 76.7 Å². The first-order chi connectivity index (χ1) is 15.8. The summed E-state index contributed by atoms with van der Waals surface area (Å²) in [5, 5.41) is 17.4. The Balaban J connectivity index is 1.84. The topological polar surface area (TPSA) is 86.8 Å². The number of rotatable bonds is 11. The number of tetrazole rings is 1. The van der Waals surface area contributed by atoms with Crippen LogP contribution in [0.1, 0.15) is 50.2 Å². The Bertz CT molecular complexity index is 1000. The molecule has 0 aliphatic carbocycles. The predicted molar refractivity (Wildman–Crippen MR) is 133 cm³/mol. The fraction of sp³-hybridized carbons (Fsp3) is 0.462. The van der Waals surface area contributed by atoms with E-state index in [-0.39, 0.29) is 5.91 Å². The Morgan fingerprint density at radius 3 is 2.24 bits per heavy atom. The van der Waals surface area contributed by atoms with Crippen LogP contribution in [0.5, 0.6) is 0 Å². The van der Waals surface area contributed by atoms with Crippen LogP contribution in [0, 0.1) is 18.8 Å². The molecule has 0 atom stereocenters. The van der Waals surface area contributed by atoms with E-state index in [1.807, 2.05) is 31.2 Å². The molecule has 33 heavy (non-hydrogen) atoms. The summed E-state index contributed by atoms with van der Waals surface area (Å²) in [4.78, 5) is 15.4. The number of amides is 1. The van der Waals surface area contributed by atoms with Crippen molar-refractivity contribution in [2.75, 3.05) is 23.3 Å². The summed E-state index contributed by atoms with van der Waals surface area (Å²) in [6, 6.07) is 14.5. The van der Waals surface area contributed by atoms with Crippen LogP contribution in [-0.4, -0.2) is 39.6 Å². The van der Waals surface area contributed by atoms with Gasteiger partial charge in [0.25, 0.3) is 0 Å². The fourth-order valence-electron chi connectivity index (χ4n) is 3.90. The minimum absolute atomic E-state index is 0.00975. The molecule has 1 heterocycles. The second-order valence-corrected chi connectivity index (χ2v) is 9.58. The molecule has 0 aliphatic rings. The molecule has 1 amide bonds. The number of nitrogens with one attached hydrogen (secondary N) is 2. The van der Waals surface area contributed by atoms with Crippen LogP contribution in [-0.2, 0) is 24.1 Å². The van der Waals surface area contributed by atoms with Crippen LogP contribution in [0.25, 0.3) is 0 Å². The quantitative estimate of drug-likeness (QED) is 0.448. The van der Waals surface area contributed by atoms with Gasteiger partial charge in [0, 0.05) is 19.5 Å². The van der Waals surface area contributed by atoms with Crippen molar-refractivity contribution >= 4 is 17.3 Å².